The van der Waals surface area contributed by atoms with Gasteiger partial charge in [0.05, 0.1) is 0 Å². The minimum Gasteiger partial charge on any atom is -0.334 e. The molecule has 2 N–H and O–H groups in total. The van der Waals surface area contributed by atoms with Gasteiger partial charge in [0.2, 0.25) is 0 Å². The minimum absolute atomic E-state index is 0.133. The SMILES string of the molecule is CCCc1cc(NC(=O)N[C@H]2CCN(CCC(c3ccccc3)c3ccccc3)C2)cc(C)n1. The fourth-order valence-electron chi connectivity index (χ4n) is 4.91. The highest BCUT2D eigenvalue weighted by molar-refractivity contribution is 5.89. The van der Waals surface area contributed by atoms with Crippen LogP contribution in [0.2, 0.25) is 0 Å². The second kappa shape index (κ2) is 11.8. The molecule has 1 aliphatic rings. The van der Waals surface area contributed by atoms with Crippen molar-refractivity contribution in [1.29, 1.82) is 0 Å². The number of aryl methyl sites for hydroxylation is 2. The molecule has 0 radical (unpaired) electrons. The van der Waals surface area contributed by atoms with Crippen molar-refractivity contribution in [2.24, 2.45) is 0 Å². The molecule has 1 atom stereocenters. The number of nitrogens with one attached hydrogen (secondary N) is 2. The lowest BCUT2D eigenvalue weighted by Crippen LogP contribution is -2.39. The Labute approximate surface area is 203 Å². The zero-order chi connectivity index (χ0) is 23.8. The molecule has 0 saturated carbocycles. The van der Waals surface area contributed by atoms with Crippen molar-refractivity contribution in [3.05, 3.63) is 95.3 Å². The maximum Gasteiger partial charge on any atom is 0.319 e. The zero-order valence-electron chi connectivity index (χ0n) is 20.3. The Bertz CT molecular complexity index is 1010. The summed E-state index contributed by atoms with van der Waals surface area (Å²) in [6, 6.07) is 25.5. The van der Waals surface area contributed by atoms with Crippen molar-refractivity contribution in [2.75, 3.05) is 25.0 Å². The monoisotopic (exact) mass is 456 g/mol. The number of nitrogens with zero attached hydrogens (tertiary/aromatic N) is 2. The van der Waals surface area contributed by atoms with E-state index in [1.807, 2.05) is 19.1 Å². The molecule has 178 valence electrons. The third kappa shape index (κ3) is 6.67. The summed E-state index contributed by atoms with van der Waals surface area (Å²) in [4.78, 5) is 19.6. The Morgan fingerprint density at radius 2 is 1.74 bits per heavy atom. The first-order valence-electron chi connectivity index (χ1n) is 12.5. The number of carbonyl (C=O) groups is 1. The molecule has 0 aliphatic carbocycles. The van der Waals surface area contributed by atoms with Crippen LogP contribution < -0.4 is 10.6 Å². The Kier molecular flexibility index (Phi) is 8.31. The van der Waals surface area contributed by atoms with E-state index in [4.69, 9.17) is 0 Å². The number of likely N-dealkylation sites (tertiary alicyclic amines) is 1. The minimum atomic E-state index is -0.133. The van der Waals surface area contributed by atoms with Crippen molar-refractivity contribution >= 4 is 11.7 Å². The fourth-order valence-corrected chi connectivity index (χ4v) is 4.91. The molecule has 1 fully saturated rings. The highest BCUT2D eigenvalue weighted by Gasteiger charge is 2.25. The van der Waals surface area contributed by atoms with Gasteiger partial charge in [-0.15, -0.1) is 0 Å². The van der Waals surface area contributed by atoms with E-state index >= 15 is 0 Å². The van der Waals surface area contributed by atoms with Crippen molar-refractivity contribution in [2.45, 2.75) is 51.5 Å². The number of pyridine rings is 1. The normalized spacial score (nSPS) is 16.0. The topological polar surface area (TPSA) is 57.3 Å². The van der Waals surface area contributed by atoms with Gasteiger partial charge in [-0.1, -0.05) is 74.0 Å². The van der Waals surface area contributed by atoms with E-state index < -0.39 is 0 Å². The standard InChI is InChI=1S/C29H36N4O/c1-3-10-25-20-27(19-22(2)30-25)32-29(34)31-26-15-17-33(21-26)18-16-28(23-11-6-4-7-12-23)24-13-8-5-9-14-24/h4-9,11-14,19-20,26,28H,3,10,15-18,21H2,1-2H3,(H2,30,31,32,34)/t26-/m0/s1. The lowest BCUT2D eigenvalue weighted by atomic mass is 9.88. The summed E-state index contributed by atoms with van der Waals surface area (Å²) >= 11 is 0. The molecule has 1 saturated heterocycles. The summed E-state index contributed by atoms with van der Waals surface area (Å²) in [5, 5.41) is 6.18. The van der Waals surface area contributed by atoms with Crippen molar-refractivity contribution < 1.29 is 4.79 Å². The first-order valence-corrected chi connectivity index (χ1v) is 12.5. The quantitative estimate of drug-likeness (QED) is 0.430. The largest absolute Gasteiger partial charge is 0.334 e. The van der Waals surface area contributed by atoms with Gasteiger partial charge in [-0.3, -0.25) is 4.98 Å². The van der Waals surface area contributed by atoms with Crippen molar-refractivity contribution in [1.82, 2.24) is 15.2 Å². The predicted octanol–water partition coefficient (Wildman–Crippen LogP) is 5.76. The van der Waals surface area contributed by atoms with Crippen LogP contribution in [-0.2, 0) is 6.42 Å². The molecule has 4 rings (SSSR count). The molecule has 2 amide bonds. The molecular formula is C29H36N4O. The van der Waals surface area contributed by atoms with Crippen molar-refractivity contribution in [3.63, 3.8) is 0 Å². The predicted molar refractivity (Wildman–Crippen MR) is 139 cm³/mol. The number of benzene rings is 2. The molecule has 1 aliphatic heterocycles. The molecular weight excluding hydrogens is 420 g/mol. The van der Waals surface area contributed by atoms with Gasteiger partial charge in [-0.05, 0) is 56.0 Å². The van der Waals surface area contributed by atoms with Crippen LogP contribution in [0, 0.1) is 6.92 Å². The second-order valence-electron chi connectivity index (χ2n) is 9.29. The lowest BCUT2D eigenvalue weighted by molar-refractivity contribution is 0.247. The number of anilines is 1. The Morgan fingerprint density at radius 3 is 2.38 bits per heavy atom. The second-order valence-corrected chi connectivity index (χ2v) is 9.29. The van der Waals surface area contributed by atoms with Crippen LogP contribution >= 0.6 is 0 Å². The van der Waals surface area contributed by atoms with Gasteiger partial charge in [0, 0.05) is 42.1 Å². The summed E-state index contributed by atoms with van der Waals surface area (Å²) in [7, 11) is 0. The summed E-state index contributed by atoms with van der Waals surface area (Å²) in [5.74, 6) is 0.380. The van der Waals surface area contributed by atoms with Gasteiger partial charge in [0.15, 0.2) is 0 Å². The number of urea groups is 1. The van der Waals surface area contributed by atoms with Crippen LogP contribution in [-0.4, -0.2) is 41.6 Å². The van der Waals surface area contributed by atoms with Gasteiger partial charge in [-0.25, -0.2) is 4.79 Å². The molecule has 1 aromatic heterocycles. The molecule has 0 spiro atoms. The fraction of sp³-hybridized carbons (Fsp3) is 0.379. The maximum absolute atomic E-state index is 12.6. The molecule has 3 aromatic rings. The third-order valence-electron chi connectivity index (χ3n) is 6.52. The number of hydrogen-bond acceptors (Lipinski definition) is 3. The first kappa shape index (κ1) is 24.0. The number of carbonyl (C=O) groups excluding carboxylic acids is 1. The van der Waals surface area contributed by atoms with Crippen molar-refractivity contribution in [3.8, 4) is 0 Å². The smallest absolute Gasteiger partial charge is 0.319 e. The van der Waals surface area contributed by atoms with E-state index in [1.54, 1.807) is 0 Å². The Morgan fingerprint density at radius 1 is 1.06 bits per heavy atom. The molecule has 34 heavy (non-hydrogen) atoms. The van der Waals surface area contributed by atoms with E-state index in [2.05, 4.69) is 88.1 Å². The molecule has 0 bridgehead atoms. The molecule has 2 aromatic carbocycles. The molecule has 2 heterocycles. The average Bonchev–Trinajstić information content (AvgIpc) is 3.27. The van der Waals surface area contributed by atoms with Gasteiger partial charge in [0.25, 0.3) is 0 Å². The number of aromatic nitrogens is 1. The molecule has 5 nitrogen and oxygen atoms in total. The van der Waals surface area contributed by atoms with Crippen LogP contribution in [0.3, 0.4) is 0 Å². The van der Waals surface area contributed by atoms with Gasteiger partial charge in [-0.2, -0.15) is 0 Å². The number of hydrogen-bond donors (Lipinski definition) is 2. The summed E-state index contributed by atoms with van der Waals surface area (Å²) < 4.78 is 0. The Balaban J connectivity index is 1.30. The van der Waals surface area contributed by atoms with Gasteiger partial charge in [0.1, 0.15) is 0 Å². The van der Waals surface area contributed by atoms with E-state index in [0.29, 0.717) is 5.92 Å². The molecule has 0 unspecified atom stereocenters. The Hall–Kier alpha value is -3.18. The number of rotatable bonds is 9. The third-order valence-corrected chi connectivity index (χ3v) is 6.52. The van der Waals surface area contributed by atoms with Crippen LogP contribution in [0.5, 0.6) is 0 Å². The van der Waals surface area contributed by atoms with E-state index in [9.17, 15) is 4.79 Å². The highest BCUT2D eigenvalue weighted by Crippen LogP contribution is 2.28. The number of amides is 2. The summed E-state index contributed by atoms with van der Waals surface area (Å²) in [6.45, 7) is 7.02. The average molecular weight is 457 g/mol. The van der Waals surface area contributed by atoms with Crippen LogP contribution in [0.4, 0.5) is 10.5 Å². The highest BCUT2D eigenvalue weighted by atomic mass is 16.2. The van der Waals surface area contributed by atoms with Crippen LogP contribution in [0.15, 0.2) is 72.8 Å². The van der Waals surface area contributed by atoms with E-state index in [-0.39, 0.29) is 12.1 Å². The molecule has 5 heteroatoms. The van der Waals surface area contributed by atoms with Gasteiger partial charge < -0.3 is 15.5 Å². The maximum atomic E-state index is 12.6. The summed E-state index contributed by atoms with van der Waals surface area (Å²) in [6.07, 6.45) is 3.99. The first-order chi connectivity index (χ1) is 16.6. The van der Waals surface area contributed by atoms with E-state index in [1.165, 1.54) is 11.1 Å². The van der Waals surface area contributed by atoms with Gasteiger partial charge >= 0.3 is 6.03 Å². The zero-order valence-corrected chi connectivity index (χ0v) is 20.3. The van der Waals surface area contributed by atoms with E-state index in [0.717, 1.165) is 62.4 Å². The van der Waals surface area contributed by atoms with Crippen LogP contribution in [0.25, 0.3) is 0 Å². The van der Waals surface area contributed by atoms with Crippen LogP contribution in [0.1, 0.15) is 54.6 Å². The lowest BCUT2D eigenvalue weighted by Gasteiger charge is -2.22. The summed E-state index contributed by atoms with van der Waals surface area (Å²) in [5.41, 5.74) is 5.49.